The molecule has 0 saturated carbocycles. The smallest absolute Gasteiger partial charge is 0.387 e. The summed E-state index contributed by atoms with van der Waals surface area (Å²) in [6.45, 7) is -3.14. The van der Waals surface area contributed by atoms with Crippen LogP contribution in [0.5, 0.6) is 11.5 Å². The third-order valence-corrected chi connectivity index (χ3v) is 4.58. The Morgan fingerprint density at radius 3 is 2.45 bits per heavy atom. The van der Waals surface area contributed by atoms with Gasteiger partial charge in [-0.15, -0.1) is 0 Å². The summed E-state index contributed by atoms with van der Waals surface area (Å²) in [7, 11) is 3.21. The molecule has 0 saturated heterocycles. The van der Waals surface area contributed by atoms with Crippen LogP contribution in [0.1, 0.15) is 15.9 Å². The number of fused-ring (bicyclic) bond motifs is 1. The van der Waals surface area contributed by atoms with Gasteiger partial charge in [0.2, 0.25) is 0 Å². The number of methoxy groups -OCH3 is 1. The van der Waals surface area contributed by atoms with Crippen molar-refractivity contribution in [2.24, 2.45) is 0 Å². The molecule has 0 spiro atoms. The Labute approximate surface area is 177 Å². The number of ether oxygens (including phenoxy) is 3. The summed E-state index contributed by atoms with van der Waals surface area (Å²) in [5, 5.41) is 2.03. The minimum atomic E-state index is -3.00. The lowest BCUT2D eigenvalue weighted by Crippen LogP contribution is -2.30. The molecule has 0 atom stereocenters. The van der Waals surface area contributed by atoms with Crippen LogP contribution in [-0.4, -0.2) is 44.2 Å². The number of rotatable bonds is 8. The SMILES string of the molecule is COc1ccc2cc(CN(C)C(=O)COC(=O)c3cccc(OC(F)F)c3)ccc2c1. The first kappa shape index (κ1) is 22.0. The summed E-state index contributed by atoms with van der Waals surface area (Å²) in [4.78, 5) is 25.9. The first-order valence-corrected chi connectivity index (χ1v) is 9.38. The van der Waals surface area contributed by atoms with Crippen LogP contribution in [0.3, 0.4) is 0 Å². The molecule has 3 aromatic rings. The van der Waals surface area contributed by atoms with Gasteiger partial charge in [-0.3, -0.25) is 4.79 Å². The second kappa shape index (κ2) is 9.88. The molecule has 0 aliphatic rings. The Morgan fingerprint density at radius 1 is 0.968 bits per heavy atom. The van der Waals surface area contributed by atoms with Crippen molar-refractivity contribution in [1.29, 1.82) is 0 Å². The van der Waals surface area contributed by atoms with E-state index in [-0.39, 0.29) is 11.3 Å². The van der Waals surface area contributed by atoms with Crippen molar-refractivity contribution in [1.82, 2.24) is 4.90 Å². The first-order chi connectivity index (χ1) is 14.9. The number of hydrogen-bond donors (Lipinski definition) is 0. The zero-order valence-electron chi connectivity index (χ0n) is 17.0. The zero-order valence-corrected chi connectivity index (χ0v) is 17.0. The van der Waals surface area contributed by atoms with Crippen LogP contribution in [0.4, 0.5) is 8.78 Å². The van der Waals surface area contributed by atoms with E-state index in [1.54, 1.807) is 14.2 Å². The Balaban J connectivity index is 1.57. The van der Waals surface area contributed by atoms with Gasteiger partial charge < -0.3 is 19.1 Å². The predicted molar refractivity (Wildman–Crippen MR) is 110 cm³/mol. The number of alkyl halides is 2. The summed E-state index contributed by atoms with van der Waals surface area (Å²) >= 11 is 0. The number of esters is 1. The Kier molecular flexibility index (Phi) is 7.02. The summed E-state index contributed by atoms with van der Waals surface area (Å²) in [5.74, 6) is -0.605. The second-order valence-corrected chi connectivity index (χ2v) is 6.78. The molecule has 0 aromatic heterocycles. The van der Waals surface area contributed by atoms with Gasteiger partial charge in [0.15, 0.2) is 6.61 Å². The van der Waals surface area contributed by atoms with E-state index in [1.165, 1.54) is 23.1 Å². The van der Waals surface area contributed by atoms with Gasteiger partial charge in [0.1, 0.15) is 11.5 Å². The number of benzene rings is 3. The third-order valence-electron chi connectivity index (χ3n) is 4.58. The monoisotopic (exact) mass is 429 g/mol. The lowest BCUT2D eigenvalue weighted by molar-refractivity contribution is -0.133. The molecule has 0 fully saturated rings. The summed E-state index contributed by atoms with van der Waals surface area (Å²) in [5.41, 5.74) is 0.926. The molecule has 3 rings (SSSR count). The van der Waals surface area contributed by atoms with Gasteiger partial charge in [0.05, 0.1) is 12.7 Å². The van der Waals surface area contributed by atoms with Gasteiger partial charge in [-0.1, -0.05) is 24.3 Å². The second-order valence-electron chi connectivity index (χ2n) is 6.78. The topological polar surface area (TPSA) is 65.1 Å². The van der Waals surface area contributed by atoms with E-state index in [9.17, 15) is 18.4 Å². The van der Waals surface area contributed by atoms with Crippen molar-refractivity contribution in [3.8, 4) is 11.5 Å². The maximum atomic E-state index is 12.4. The molecule has 31 heavy (non-hydrogen) atoms. The van der Waals surface area contributed by atoms with Crippen LogP contribution < -0.4 is 9.47 Å². The Morgan fingerprint density at radius 2 is 1.71 bits per heavy atom. The highest BCUT2D eigenvalue weighted by atomic mass is 19.3. The van der Waals surface area contributed by atoms with E-state index in [2.05, 4.69) is 4.74 Å². The standard InChI is InChI=1S/C23H21F2NO5/c1-26(13-15-6-7-17-11-19(29-2)9-8-16(17)10-15)21(27)14-30-22(28)18-4-3-5-20(12-18)31-23(24)25/h3-12,23H,13-14H2,1-2H3. The van der Waals surface area contributed by atoms with Gasteiger partial charge in [-0.25, -0.2) is 4.79 Å². The molecule has 0 bridgehead atoms. The van der Waals surface area contributed by atoms with E-state index in [0.717, 1.165) is 28.2 Å². The quantitative estimate of drug-likeness (QED) is 0.501. The molecule has 1 amide bonds. The summed E-state index contributed by atoms with van der Waals surface area (Å²) < 4.78 is 39.1. The van der Waals surface area contributed by atoms with Crippen LogP contribution in [-0.2, 0) is 16.1 Å². The molecule has 0 aliphatic heterocycles. The molecule has 8 heteroatoms. The van der Waals surface area contributed by atoms with E-state index < -0.39 is 25.1 Å². The number of amides is 1. The maximum Gasteiger partial charge on any atom is 0.387 e. The molecular formula is C23H21F2NO5. The van der Waals surface area contributed by atoms with Crippen molar-refractivity contribution >= 4 is 22.6 Å². The number of carbonyl (C=O) groups is 2. The van der Waals surface area contributed by atoms with Crippen molar-refractivity contribution in [2.75, 3.05) is 20.8 Å². The Hall–Kier alpha value is -3.68. The van der Waals surface area contributed by atoms with Gasteiger partial charge in [-0.2, -0.15) is 8.78 Å². The lowest BCUT2D eigenvalue weighted by atomic mass is 10.1. The summed E-state index contributed by atoms with van der Waals surface area (Å²) in [6.07, 6.45) is 0. The molecule has 0 unspecified atom stereocenters. The molecule has 0 radical (unpaired) electrons. The molecule has 162 valence electrons. The highest BCUT2D eigenvalue weighted by Gasteiger charge is 2.15. The highest BCUT2D eigenvalue weighted by Crippen LogP contribution is 2.22. The number of halogens is 2. The van der Waals surface area contributed by atoms with Gasteiger partial charge >= 0.3 is 12.6 Å². The molecule has 0 heterocycles. The van der Waals surface area contributed by atoms with Crippen LogP contribution in [0.25, 0.3) is 10.8 Å². The maximum absolute atomic E-state index is 12.4. The fourth-order valence-electron chi connectivity index (χ4n) is 2.98. The third kappa shape index (κ3) is 5.91. The average Bonchev–Trinajstić information content (AvgIpc) is 2.76. The first-order valence-electron chi connectivity index (χ1n) is 9.38. The largest absolute Gasteiger partial charge is 0.497 e. The highest BCUT2D eigenvalue weighted by molar-refractivity contribution is 5.91. The molecule has 0 N–H and O–H groups in total. The van der Waals surface area contributed by atoms with E-state index in [4.69, 9.17) is 9.47 Å². The molecule has 3 aromatic carbocycles. The minimum Gasteiger partial charge on any atom is -0.497 e. The van der Waals surface area contributed by atoms with Crippen molar-refractivity contribution in [3.63, 3.8) is 0 Å². The molecule has 0 aliphatic carbocycles. The van der Waals surface area contributed by atoms with Gasteiger partial charge in [-0.05, 0) is 52.7 Å². The van der Waals surface area contributed by atoms with Crippen LogP contribution in [0.2, 0.25) is 0 Å². The van der Waals surface area contributed by atoms with E-state index in [0.29, 0.717) is 6.54 Å². The van der Waals surface area contributed by atoms with E-state index >= 15 is 0 Å². The average molecular weight is 429 g/mol. The van der Waals surface area contributed by atoms with Crippen molar-refractivity contribution in [3.05, 3.63) is 71.8 Å². The van der Waals surface area contributed by atoms with Gasteiger partial charge in [0, 0.05) is 13.6 Å². The minimum absolute atomic E-state index is 0.0126. The van der Waals surface area contributed by atoms with Crippen LogP contribution in [0.15, 0.2) is 60.7 Å². The number of likely N-dealkylation sites (N-methyl/N-ethyl adjacent to an activating group) is 1. The number of hydrogen-bond acceptors (Lipinski definition) is 5. The molecular weight excluding hydrogens is 408 g/mol. The van der Waals surface area contributed by atoms with E-state index in [1.807, 2.05) is 36.4 Å². The number of carbonyl (C=O) groups excluding carboxylic acids is 2. The molecule has 6 nitrogen and oxygen atoms in total. The number of nitrogens with zero attached hydrogens (tertiary/aromatic N) is 1. The van der Waals surface area contributed by atoms with Crippen molar-refractivity contribution in [2.45, 2.75) is 13.2 Å². The van der Waals surface area contributed by atoms with Gasteiger partial charge in [0.25, 0.3) is 5.91 Å². The van der Waals surface area contributed by atoms with Crippen LogP contribution >= 0.6 is 0 Å². The fraction of sp³-hybridized carbons (Fsp3) is 0.217. The van der Waals surface area contributed by atoms with Crippen LogP contribution in [0, 0.1) is 0 Å². The van der Waals surface area contributed by atoms with Crippen molar-refractivity contribution < 1.29 is 32.6 Å². The lowest BCUT2D eigenvalue weighted by Gasteiger charge is -2.17. The zero-order chi connectivity index (χ0) is 22.4. The predicted octanol–water partition coefficient (Wildman–Crippen LogP) is 4.27. The normalized spacial score (nSPS) is 10.7. The fourth-order valence-corrected chi connectivity index (χ4v) is 2.98. The summed E-state index contributed by atoms with van der Waals surface area (Å²) in [6, 6.07) is 16.7. The Bertz CT molecular complexity index is 1090.